The molecule has 0 aromatic rings. The van der Waals surface area contributed by atoms with Gasteiger partial charge >= 0.3 is 5.97 Å². The van der Waals surface area contributed by atoms with Crippen molar-refractivity contribution >= 4 is 5.97 Å². The summed E-state index contributed by atoms with van der Waals surface area (Å²) in [5, 5.41) is 19.9. The van der Waals surface area contributed by atoms with Gasteiger partial charge in [0.05, 0.1) is 31.0 Å². The second-order valence-corrected chi connectivity index (χ2v) is 13.6. The standard InChI is InChI=1S/C31H52O10/c1-18-12-13-23-20(3)26(38-29-31(23)22(18)14-15-30(5,39-29)40-41-31)10-8-16-35-27(34)11-7-6-9-19(2)36-28-25(33)17-24(32)21(4)37-28/h18-26,28-29,32-33H,6-17H2,1-5H3/t18-,19+,20-,21+,22+,23+,24-,25-,26-,28-,29-,30-,31-/m1/s1. The van der Waals surface area contributed by atoms with Gasteiger partial charge in [0.2, 0.25) is 5.79 Å². The van der Waals surface area contributed by atoms with Crippen molar-refractivity contribution in [2.75, 3.05) is 6.61 Å². The molecule has 1 spiro atoms. The molecule has 41 heavy (non-hydrogen) atoms. The van der Waals surface area contributed by atoms with Crippen molar-refractivity contribution in [2.45, 2.75) is 160 Å². The quantitative estimate of drug-likeness (QED) is 0.205. The van der Waals surface area contributed by atoms with Crippen molar-refractivity contribution < 1.29 is 48.5 Å². The van der Waals surface area contributed by atoms with E-state index >= 15 is 0 Å². The van der Waals surface area contributed by atoms with E-state index in [1.807, 2.05) is 13.8 Å². The molecular weight excluding hydrogens is 532 g/mol. The maximum absolute atomic E-state index is 12.3. The number of hydrogen-bond acceptors (Lipinski definition) is 10. The number of carbonyl (C=O) groups excluding carboxylic acids is 1. The Hall–Kier alpha value is -0.850. The number of aliphatic hydroxyl groups is 2. The third-order valence-electron chi connectivity index (χ3n) is 10.5. The fourth-order valence-electron chi connectivity index (χ4n) is 7.92. The number of esters is 1. The van der Waals surface area contributed by atoms with Gasteiger partial charge in [-0.1, -0.05) is 20.3 Å². The van der Waals surface area contributed by atoms with Crippen molar-refractivity contribution in [2.24, 2.45) is 23.7 Å². The summed E-state index contributed by atoms with van der Waals surface area (Å²) in [5.74, 6) is 0.558. The molecule has 0 amide bonds. The van der Waals surface area contributed by atoms with Gasteiger partial charge in [0.15, 0.2) is 18.2 Å². The highest BCUT2D eigenvalue weighted by atomic mass is 17.3. The topological polar surface area (TPSA) is 122 Å². The van der Waals surface area contributed by atoms with E-state index in [4.69, 9.17) is 33.5 Å². The predicted molar refractivity (Wildman–Crippen MR) is 147 cm³/mol. The van der Waals surface area contributed by atoms with E-state index < -0.39 is 36.2 Å². The summed E-state index contributed by atoms with van der Waals surface area (Å²) in [6.07, 6.45) is 5.34. The third-order valence-corrected chi connectivity index (χ3v) is 10.5. The largest absolute Gasteiger partial charge is 0.466 e. The summed E-state index contributed by atoms with van der Waals surface area (Å²) in [6, 6.07) is 0. The Balaban J connectivity index is 1.00. The Kier molecular flexibility index (Phi) is 10.0. The van der Waals surface area contributed by atoms with Crippen LogP contribution in [0.25, 0.3) is 0 Å². The first kappa shape index (κ1) is 31.6. The summed E-state index contributed by atoms with van der Waals surface area (Å²) in [6.45, 7) is 10.6. The molecule has 2 bridgehead atoms. The lowest BCUT2D eigenvalue weighted by atomic mass is 9.57. The van der Waals surface area contributed by atoms with Gasteiger partial charge in [-0.05, 0) is 83.5 Å². The van der Waals surface area contributed by atoms with Gasteiger partial charge in [0.1, 0.15) is 6.10 Å². The maximum atomic E-state index is 12.3. The van der Waals surface area contributed by atoms with E-state index in [0.717, 1.165) is 44.9 Å². The third kappa shape index (κ3) is 6.65. The number of hydrogen-bond donors (Lipinski definition) is 2. The van der Waals surface area contributed by atoms with Crippen molar-refractivity contribution in [3.8, 4) is 0 Å². The van der Waals surface area contributed by atoms with E-state index in [2.05, 4.69) is 13.8 Å². The van der Waals surface area contributed by atoms with Crippen molar-refractivity contribution in [3.05, 3.63) is 0 Å². The van der Waals surface area contributed by atoms with E-state index in [0.29, 0.717) is 43.1 Å². The number of unbranched alkanes of at least 4 members (excludes halogenated alkanes) is 1. The Morgan fingerprint density at radius 3 is 2.61 bits per heavy atom. The van der Waals surface area contributed by atoms with Gasteiger partial charge in [0, 0.05) is 25.2 Å². The number of aliphatic hydroxyl groups excluding tert-OH is 2. The highest BCUT2D eigenvalue weighted by Gasteiger charge is 2.69. The van der Waals surface area contributed by atoms with Crippen LogP contribution in [0, 0.1) is 23.7 Å². The second-order valence-electron chi connectivity index (χ2n) is 13.6. The van der Waals surface area contributed by atoms with Crippen LogP contribution in [0.3, 0.4) is 0 Å². The zero-order valence-corrected chi connectivity index (χ0v) is 25.5. The molecule has 0 aromatic carbocycles. The molecule has 13 atom stereocenters. The summed E-state index contributed by atoms with van der Waals surface area (Å²) in [4.78, 5) is 24.5. The van der Waals surface area contributed by atoms with Gasteiger partial charge in [-0.3, -0.25) is 4.79 Å². The van der Waals surface area contributed by atoms with Crippen LogP contribution in [-0.4, -0.2) is 77.3 Å². The van der Waals surface area contributed by atoms with Gasteiger partial charge in [-0.2, -0.15) is 0 Å². The summed E-state index contributed by atoms with van der Waals surface area (Å²) in [5.41, 5.74) is -0.539. The molecule has 0 unspecified atom stereocenters. The van der Waals surface area contributed by atoms with Gasteiger partial charge in [-0.25, -0.2) is 9.78 Å². The molecule has 6 fully saturated rings. The summed E-state index contributed by atoms with van der Waals surface area (Å²) in [7, 11) is 0. The summed E-state index contributed by atoms with van der Waals surface area (Å²) >= 11 is 0. The highest BCUT2D eigenvalue weighted by Crippen LogP contribution is 2.60. The van der Waals surface area contributed by atoms with Crippen LogP contribution in [-0.2, 0) is 38.3 Å². The van der Waals surface area contributed by atoms with Crippen molar-refractivity contribution in [3.63, 3.8) is 0 Å². The van der Waals surface area contributed by atoms with E-state index in [1.54, 1.807) is 6.92 Å². The monoisotopic (exact) mass is 584 g/mol. The minimum Gasteiger partial charge on any atom is -0.466 e. The lowest BCUT2D eigenvalue weighted by Gasteiger charge is -2.60. The van der Waals surface area contributed by atoms with E-state index in [9.17, 15) is 15.0 Å². The lowest BCUT2D eigenvalue weighted by molar-refractivity contribution is -0.571. The minimum absolute atomic E-state index is 0.0225. The Bertz CT molecular complexity index is 887. The molecule has 0 aromatic heterocycles. The summed E-state index contributed by atoms with van der Waals surface area (Å²) < 4.78 is 30.0. The van der Waals surface area contributed by atoms with Crippen LogP contribution in [0.1, 0.15) is 105 Å². The van der Waals surface area contributed by atoms with Crippen LogP contribution in [0.4, 0.5) is 0 Å². The minimum atomic E-state index is -0.842. The normalized spacial score (nSPS) is 46.4. The fraction of sp³-hybridized carbons (Fsp3) is 0.968. The number of carbonyl (C=O) groups is 1. The van der Waals surface area contributed by atoms with Crippen molar-refractivity contribution in [1.29, 1.82) is 0 Å². The second kappa shape index (κ2) is 13.0. The molecule has 236 valence electrons. The number of fused-ring (bicyclic) bond motifs is 2. The first-order valence-corrected chi connectivity index (χ1v) is 16.0. The molecule has 1 saturated carbocycles. The number of rotatable bonds is 11. The molecule has 6 rings (SSSR count). The van der Waals surface area contributed by atoms with Gasteiger partial charge in [0.25, 0.3) is 0 Å². The Morgan fingerprint density at radius 2 is 1.80 bits per heavy atom. The van der Waals surface area contributed by atoms with Crippen LogP contribution < -0.4 is 0 Å². The first-order chi connectivity index (χ1) is 19.5. The van der Waals surface area contributed by atoms with E-state index in [-0.39, 0.29) is 30.7 Å². The molecule has 10 heteroatoms. The van der Waals surface area contributed by atoms with Crippen LogP contribution in [0.15, 0.2) is 0 Å². The molecule has 5 saturated heterocycles. The maximum Gasteiger partial charge on any atom is 0.305 e. The zero-order valence-electron chi connectivity index (χ0n) is 25.5. The van der Waals surface area contributed by atoms with Crippen LogP contribution >= 0.6 is 0 Å². The molecule has 5 heterocycles. The Labute approximate surface area is 244 Å². The Morgan fingerprint density at radius 1 is 1.00 bits per heavy atom. The fourth-order valence-corrected chi connectivity index (χ4v) is 7.92. The molecule has 10 nitrogen and oxygen atoms in total. The predicted octanol–water partition coefficient (Wildman–Crippen LogP) is 4.38. The molecule has 2 N–H and O–H groups in total. The van der Waals surface area contributed by atoms with Crippen molar-refractivity contribution in [1.82, 2.24) is 0 Å². The van der Waals surface area contributed by atoms with Crippen LogP contribution in [0.2, 0.25) is 0 Å². The molecule has 6 aliphatic rings. The molecular formula is C31H52O10. The zero-order chi connectivity index (χ0) is 29.4. The van der Waals surface area contributed by atoms with Crippen LogP contribution in [0.5, 0.6) is 0 Å². The lowest BCUT2D eigenvalue weighted by Crippen LogP contribution is -2.70. The average Bonchev–Trinajstić information content (AvgIpc) is 3.16. The van der Waals surface area contributed by atoms with Gasteiger partial charge in [-0.15, -0.1) is 0 Å². The molecule has 5 aliphatic heterocycles. The smallest absolute Gasteiger partial charge is 0.305 e. The molecule has 0 radical (unpaired) electrons. The van der Waals surface area contributed by atoms with E-state index in [1.165, 1.54) is 6.42 Å². The highest BCUT2D eigenvalue weighted by molar-refractivity contribution is 5.69. The average molecular weight is 585 g/mol. The van der Waals surface area contributed by atoms with Gasteiger partial charge < -0.3 is 33.9 Å². The SMILES string of the molecule is C[C@H]1[C@@H](CCCOC(=O)CCCC[C@H](C)O[C@@H]2O[C@@H](C)[C@H](O)C[C@H]2O)O[C@@H]2O[C@@]3(C)CC[C@H]4[C@H](C)CC[C@@H]1[C@@]24OO3. The molecule has 1 aliphatic carbocycles. The number of ether oxygens (including phenoxy) is 5. The first-order valence-electron chi connectivity index (χ1n) is 16.0.